The summed E-state index contributed by atoms with van der Waals surface area (Å²) in [6, 6.07) is 1.88. The molecule has 0 saturated carbocycles. The lowest BCUT2D eigenvalue weighted by Crippen LogP contribution is -2.11. The standard InChI is InChI=1S/C16H27N3O2/c1-4-9-21-15-11-14(17-8-7-12(2)3)18-16(19-15)13-6-5-10-20-13/h11-13H,4-10H2,1-3H3,(H,17,18,19). The van der Waals surface area contributed by atoms with Crippen molar-refractivity contribution >= 4 is 5.82 Å². The fourth-order valence-corrected chi connectivity index (χ4v) is 2.23. The minimum atomic E-state index is 0.0147. The van der Waals surface area contributed by atoms with E-state index >= 15 is 0 Å². The predicted molar refractivity (Wildman–Crippen MR) is 83.7 cm³/mol. The lowest BCUT2D eigenvalue weighted by atomic mass is 10.1. The van der Waals surface area contributed by atoms with E-state index in [-0.39, 0.29) is 6.10 Å². The molecule has 0 radical (unpaired) electrons. The molecule has 1 aliphatic rings. The smallest absolute Gasteiger partial charge is 0.218 e. The summed E-state index contributed by atoms with van der Waals surface area (Å²) < 4.78 is 11.4. The number of nitrogens with zero attached hydrogens (tertiary/aromatic N) is 2. The van der Waals surface area contributed by atoms with Crippen molar-refractivity contribution in [2.45, 2.75) is 52.6 Å². The topological polar surface area (TPSA) is 56.3 Å². The summed E-state index contributed by atoms with van der Waals surface area (Å²) in [5.74, 6) is 2.90. The Morgan fingerprint density at radius 2 is 2.29 bits per heavy atom. The molecule has 0 bridgehead atoms. The molecule has 0 spiro atoms. The van der Waals surface area contributed by atoms with Gasteiger partial charge in [-0.3, -0.25) is 0 Å². The maximum atomic E-state index is 5.69. The van der Waals surface area contributed by atoms with Crippen LogP contribution in [-0.4, -0.2) is 29.7 Å². The van der Waals surface area contributed by atoms with Crippen molar-refractivity contribution < 1.29 is 9.47 Å². The third-order valence-corrected chi connectivity index (χ3v) is 3.42. The SMILES string of the molecule is CCCOc1cc(NCCC(C)C)nc(C2CCCO2)n1. The summed E-state index contributed by atoms with van der Waals surface area (Å²) in [5, 5.41) is 3.37. The van der Waals surface area contributed by atoms with Crippen molar-refractivity contribution in [3.63, 3.8) is 0 Å². The first-order valence-corrected chi connectivity index (χ1v) is 8.06. The van der Waals surface area contributed by atoms with Crippen LogP contribution in [0.15, 0.2) is 6.07 Å². The first kappa shape index (κ1) is 16.0. The van der Waals surface area contributed by atoms with Crippen molar-refractivity contribution in [1.29, 1.82) is 0 Å². The lowest BCUT2D eigenvalue weighted by Gasteiger charge is -2.14. The Balaban J connectivity index is 2.07. The third-order valence-electron chi connectivity index (χ3n) is 3.42. The van der Waals surface area contributed by atoms with Crippen LogP contribution in [0.4, 0.5) is 5.82 Å². The highest BCUT2D eigenvalue weighted by molar-refractivity contribution is 5.38. The summed E-state index contributed by atoms with van der Waals surface area (Å²) in [5.41, 5.74) is 0. The van der Waals surface area contributed by atoms with Gasteiger partial charge in [0.1, 0.15) is 11.9 Å². The van der Waals surface area contributed by atoms with Crippen LogP contribution in [0.2, 0.25) is 0 Å². The van der Waals surface area contributed by atoms with Crippen molar-refractivity contribution in [3.8, 4) is 5.88 Å². The van der Waals surface area contributed by atoms with Crippen LogP contribution in [0.25, 0.3) is 0 Å². The predicted octanol–water partition coefficient (Wildman–Crippen LogP) is 3.57. The third kappa shape index (κ3) is 5.16. The van der Waals surface area contributed by atoms with Crippen LogP contribution in [0, 0.1) is 5.92 Å². The molecule has 5 nitrogen and oxygen atoms in total. The van der Waals surface area contributed by atoms with Gasteiger partial charge in [0.15, 0.2) is 5.82 Å². The Morgan fingerprint density at radius 1 is 1.43 bits per heavy atom. The van der Waals surface area contributed by atoms with Gasteiger partial charge >= 0.3 is 0 Å². The van der Waals surface area contributed by atoms with Crippen molar-refractivity contribution in [2.24, 2.45) is 5.92 Å². The molecule has 0 aliphatic carbocycles. The van der Waals surface area contributed by atoms with Gasteiger partial charge in [0.05, 0.1) is 6.61 Å². The van der Waals surface area contributed by atoms with Crippen molar-refractivity contribution in [2.75, 3.05) is 25.1 Å². The van der Waals surface area contributed by atoms with E-state index in [0.717, 1.165) is 50.5 Å². The van der Waals surface area contributed by atoms with Gasteiger partial charge in [-0.15, -0.1) is 0 Å². The van der Waals surface area contributed by atoms with Crippen LogP contribution in [0.5, 0.6) is 5.88 Å². The number of rotatable bonds is 8. The van der Waals surface area contributed by atoms with Gasteiger partial charge in [0.25, 0.3) is 0 Å². The summed E-state index contributed by atoms with van der Waals surface area (Å²) in [6.07, 6.45) is 4.16. The molecule has 1 fully saturated rings. The van der Waals surface area contributed by atoms with Crippen LogP contribution in [0.3, 0.4) is 0 Å². The Labute approximate surface area is 127 Å². The molecule has 1 atom stereocenters. The average Bonchev–Trinajstić information content (AvgIpc) is 2.99. The molecule has 118 valence electrons. The second kappa shape index (κ2) is 8.17. The fraction of sp³-hybridized carbons (Fsp3) is 0.750. The van der Waals surface area contributed by atoms with Crippen LogP contribution in [0.1, 0.15) is 58.4 Å². The van der Waals surface area contributed by atoms with Crippen molar-refractivity contribution in [3.05, 3.63) is 11.9 Å². The van der Waals surface area contributed by atoms with Gasteiger partial charge in [-0.25, -0.2) is 4.98 Å². The molecule has 1 aromatic heterocycles. The molecule has 1 aromatic rings. The molecule has 1 N–H and O–H groups in total. The lowest BCUT2D eigenvalue weighted by molar-refractivity contribution is 0.104. The Bertz CT molecular complexity index is 432. The van der Waals surface area contributed by atoms with Crippen LogP contribution in [-0.2, 0) is 4.74 Å². The molecule has 21 heavy (non-hydrogen) atoms. The van der Waals surface area contributed by atoms with E-state index in [9.17, 15) is 0 Å². The number of nitrogens with one attached hydrogen (secondary N) is 1. The fourth-order valence-electron chi connectivity index (χ4n) is 2.23. The minimum Gasteiger partial charge on any atom is -0.478 e. The maximum Gasteiger partial charge on any atom is 0.218 e. The van der Waals surface area contributed by atoms with E-state index in [1.54, 1.807) is 0 Å². The molecule has 5 heteroatoms. The zero-order valence-corrected chi connectivity index (χ0v) is 13.4. The Morgan fingerprint density at radius 3 is 2.95 bits per heavy atom. The number of hydrogen-bond acceptors (Lipinski definition) is 5. The van der Waals surface area contributed by atoms with Crippen LogP contribution >= 0.6 is 0 Å². The minimum absolute atomic E-state index is 0.0147. The molecule has 1 saturated heterocycles. The van der Waals surface area contributed by atoms with Gasteiger partial charge in [0, 0.05) is 19.2 Å². The Hall–Kier alpha value is -1.36. The molecule has 1 aliphatic heterocycles. The molecular formula is C16H27N3O2. The van der Waals surface area contributed by atoms with Crippen molar-refractivity contribution in [1.82, 2.24) is 9.97 Å². The zero-order valence-electron chi connectivity index (χ0n) is 13.4. The Kier molecular flexibility index (Phi) is 6.23. The monoisotopic (exact) mass is 293 g/mol. The second-order valence-corrected chi connectivity index (χ2v) is 5.91. The van der Waals surface area contributed by atoms with E-state index in [4.69, 9.17) is 9.47 Å². The van der Waals surface area contributed by atoms with Crippen LogP contribution < -0.4 is 10.1 Å². The average molecular weight is 293 g/mol. The maximum absolute atomic E-state index is 5.69. The summed E-state index contributed by atoms with van der Waals surface area (Å²) >= 11 is 0. The molecule has 0 amide bonds. The molecule has 0 aromatic carbocycles. The highest BCUT2D eigenvalue weighted by Crippen LogP contribution is 2.28. The summed E-state index contributed by atoms with van der Waals surface area (Å²) in [4.78, 5) is 9.09. The number of ether oxygens (including phenoxy) is 2. The second-order valence-electron chi connectivity index (χ2n) is 5.91. The van der Waals surface area contributed by atoms with E-state index in [1.165, 1.54) is 0 Å². The first-order chi connectivity index (χ1) is 10.2. The number of hydrogen-bond donors (Lipinski definition) is 1. The molecule has 1 unspecified atom stereocenters. The van der Waals surface area contributed by atoms with Gasteiger partial charge < -0.3 is 14.8 Å². The summed E-state index contributed by atoms with van der Waals surface area (Å²) in [6.45, 7) is 8.90. The van der Waals surface area contributed by atoms with E-state index in [1.807, 2.05) is 6.07 Å². The first-order valence-electron chi connectivity index (χ1n) is 8.06. The van der Waals surface area contributed by atoms with E-state index in [0.29, 0.717) is 18.4 Å². The highest BCUT2D eigenvalue weighted by atomic mass is 16.5. The zero-order chi connectivity index (χ0) is 15.1. The normalized spacial score (nSPS) is 18.2. The highest BCUT2D eigenvalue weighted by Gasteiger charge is 2.22. The van der Waals surface area contributed by atoms with Gasteiger partial charge in [-0.05, 0) is 31.6 Å². The molecule has 2 heterocycles. The van der Waals surface area contributed by atoms with E-state index < -0.39 is 0 Å². The number of anilines is 1. The van der Waals surface area contributed by atoms with E-state index in [2.05, 4.69) is 36.1 Å². The van der Waals surface area contributed by atoms with Gasteiger partial charge in [-0.2, -0.15) is 4.98 Å². The quantitative estimate of drug-likeness (QED) is 0.794. The van der Waals surface area contributed by atoms with Gasteiger partial charge in [-0.1, -0.05) is 20.8 Å². The number of aromatic nitrogens is 2. The summed E-state index contributed by atoms with van der Waals surface area (Å²) in [7, 11) is 0. The molecular weight excluding hydrogens is 266 g/mol. The van der Waals surface area contributed by atoms with Gasteiger partial charge in [0.2, 0.25) is 5.88 Å². The largest absolute Gasteiger partial charge is 0.478 e. The molecule has 2 rings (SSSR count).